The molecule has 0 aliphatic heterocycles. The van der Waals surface area contributed by atoms with Crippen LogP contribution in [0.3, 0.4) is 0 Å². The summed E-state index contributed by atoms with van der Waals surface area (Å²) < 4.78 is 6.36. The third-order valence-electron chi connectivity index (χ3n) is 3.53. The van der Waals surface area contributed by atoms with E-state index >= 15 is 0 Å². The first-order valence-corrected chi connectivity index (χ1v) is 8.82. The zero-order chi connectivity index (χ0) is 18.4. The molecule has 0 saturated heterocycles. The molecular formula is C19H17BrN4O2. The van der Waals surface area contributed by atoms with Crippen molar-refractivity contribution in [3.63, 3.8) is 0 Å². The monoisotopic (exact) mass is 412 g/mol. The van der Waals surface area contributed by atoms with Crippen LogP contribution in [0, 0.1) is 0 Å². The first kappa shape index (κ1) is 17.9. The van der Waals surface area contributed by atoms with Crippen LogP contribution in [-0.2, 0) is 0 Å². The van der Waals surface area contributed by atoms with E-state index in [0.717, 1.165) is 21.3 Å². The summed E-state index contributed by atoms with van der Waals surface area (Å²) in [5.74, 6) is 0.440. The minimum Gasteiger partial charge on any atom is -0.494 e. The van der Waals surface area contributed by atoms with Crippen molar-refractivity contribution in [1.82, 2.24) is 15.6 Å². The summed E-state index contributed by atoms with van der Waals surface area (Å²) in [7, 11) is 0. The lowest BCUT2D eigenvalue weighted by atomic mass is 10.1. The van der Waals surface area contributed by atoms with E-state index in [1.165, 1.54) is 0 Å². The Bertz CT molecular complexity index is 902. The van der Waals surface area contributed by atoms with Gasteiger partial charge in [0.15, 0.2) is 0 Å². The number of ether oxygens (including phenoxy) is 1. The fourth-order valence-electron chi connectivity index (χ4n) is 2.25. The van der Waals surface area contributed by atoms with Crippen molar-refractivity contribution >= 4 is 28.1 Å². The lowest BCUT2D eigenvalue weighted by Gasteiger charge is -2.02. The highest BCUT2D eigenvalue weighted by atomic mass is 79.9. The lowest BCUT2D eigenvalue weighted by molar-refractivity contribution is 0.0950. The Balaban J connectivity index is 1.60. The van der Waals surface area contributed by atoms with E-state index in [-0.39, 0.29) is 5.91 Å². The maximum atomic E-state index is 12.1. The molecule has 0 saturated carbocycles. The van der Waals surface area contributed by atoms with Crippen LogP contribution in [0.4, 0.5) is 0 Å². The Kier molecular flexibility index (Phi) is 5.80. The number of hydrogen-bond acceptors (Lipinski definition) is 4. The third-order valence-corrected chi connectivity index (χ3v) is 4.06. The topological polar surface area (TPSA) is 79.4 Å². The van der Waals surface area contributed by atoms with Crippen molar-refractivity contribution < 1.29 is 9.53 Å². The summed E-state index contributed by atoms with van der Waals surface area (Å²) in [5.41, 5.74) is 5.29. The van der Waals surface area contributed by atoms with Gasteiger partial charge in [0.25, 0.3) is 5.91 Å². The molecule has 0 aliphatic rings. The number of nitrogens with zero attached hydrogens (tertiary/aromatic N) is 2. The normalized spacial score (nSPS) is 10.8. The number of benzene rings is 2. The number of rotatable bonds is 6. The van der Waals surface area contributed by atoms with Gasteiger partial charge in [-0.2, -0.15) is 10.2 Å². The number of amides is 1. The number of carbonyl (C=O) groups is 1. The molecule has 2 N–H and O–H groups in total. The third kappa shape index (κ3) is 4.58. The highest BCUT2D eigenvalue weighted by Crippen LogP contribution is 2.20. The van der Waals surface area contributed by atoms with E-state index in [9.17, 15) is 4.79 Å². The SMILES string of the molecule is CCOc1ccc(C=NNC(=O)c2cc(-c3ccc(Br)cc3)n[nH]2)cc1. The number of hydrazone groups is 1. The highest BCUT2D eigenvalue weighted by Gasteiger charge is 2.10. The minimum atomic E-state index is -0.358. The molecule has 6 nitrogen and oxygen atoms in total. The van der Waals surface area contributed by atoms with Gasteiger partial charge in [-0.05, 0) is 55.0 Å². The molecule has 3 rings (SSSR count). The molecule has 0 radical (unpaired) electrons. The van der Waals surface area contributed by atoms with Crippen molar-refractivity contribution in [2.45, 2.75) is 6.92 Å². The van der Waals surface area contributed by atoms with Crippen molar-refractivity contribution in [3.05, 3.63) is 70.3 Å². The molecule has 0 fully saturated rings. The second kappa shape index (κ2) is 8.44. The predicted octanol–water partition coefficient (Wildman–Crippen LogP) is 4.00. The van der Waals surface area contributed by atoms with Crippen molar-refractivity contribution in [1.29, 1.82) is 0 Å². The number of carbonyl (C=O) groups excluding carboxylic acids is 1. The van der Waals surface area contributed by atoms with E-state index in [4.69, 9.17) is 4.74 Å². The van der Waals surface area contributed by atoms with Gasteiger partial charge >= 0.3 is 0 Å². The number of halogens is 1. The van der Waals surface area contributed by atoms with Crippen LogP contribution in [0.15, 0.2) is 64.2 Å². The fraction of sp³-hybridized carbons (Fsp3) is 0.105. The Hall–Kier alpha value is -2.93. The van der Waals surface area contributed by atoms with E-state index in [1.54, 1.807) is 12.3 Å². The second-order valence-corrected chi connectivity index (χ2v) is 6.29. The van der Waals surface area contributed by atoms with Crippen LogP contribution in [0.1, 0.15) is 23.0 Å². The van der Waals surface area contributed by atoms with Crippen LogP contribution >= 0.6 is 15.9 Å². The first-order valence-electron chi connectivity index (χ1n) is 8.03. The van der Waals surface area contributed by atoms with E-state index in [1.807, 2.05) is 55.5 Å². The van der Waals surface area contributed by atoms with Crippen molar-refractivity contribution in [2.75, 3.05) is 6.61 Å². The van der Waals surface area contributed by atoms with E-state index < -0.39 is 0 Å². The minimum absolute atomic E-state index is 0.340. The Morgan fingerprint density at radius 2 is 1.96 bits per heavy atom. The molecule has 132 valence electrons. The van der Waals surface area contributed by atoms with Crippen LogP contribution < -0.4 is 10.2 Å². The van der Waals surface area contributed by atoms with Gasteiger partial charge in [-0.3, -0.25) is 9.89 Å². The van der Waals surface area contributed by atoms with Crippen LogP contribution in [0.2, 0.25) is 0 Å². The molecule has 0 unspecified atom stereocenters. The maximum absolute atomic E-state index is 12.1. The van der Waals surface area contributed by atoms with Gasteiger partial charge in [-0.15, -0.1) is 0 Å². The molecule has 3 aromatic rings. The Morgan fingerprint density at radius 3 is 2.65 bits per heavy atom. The number of hydrogen-bond donors (Lipinski definition) is 2. The standard InChI is InChI=1S/C19H17BrN4O2/c1-2-26-16-9-3-13(4-10-16)12-21-24-19(25)18-11-17(22-23-18)14-5-7-15(20)8-6-14/h3-12H,2H2,1H3,(H,22,23)(H,24,25). The summed E-state index contributed by atoms with van der Waals surface area (Å²) in [5, 5.41) is 10.9. The molecular weight excluding hydrogens is 396 g/mol. The molecule has 1 amide bonds. The van der Waals surface area contributed by atoms with E-state index in [0.29, 0.717) is 18.0 Å². The van der Waals surface area contributed by atoms with Crippen molar-refractivity contribution in [2.24, 2.45) is 5.10 Å². The molecule has 0 atom stereocenters. The van der Waals surface area contributed by atoms with Gasteiger partial charge in [0.1, 0.15) is 11.4 Å². The quantitative estimate of drug-likeness (QED) is 0.474. The smallest absolute Gasteiger partial charge is 0.289 e. The zero-order valence-electron chi connectivity index (χ0n) is 14.1. The van der Waals surface area contributed by atoms with Crippen LogP contribution in [-0.4, -0.2) is 28.9 Å². The summed E-state index contributed by atoms with van der Waals surface area (Å²) in [4.78, 5) is 12.1. The Labute approximate surface area is 159 Å². The molecule has 2 aromatic carbocycles. The fourth-order valence-corrected chi connectivity index (χ4v) is 2.51. The van der Waals surface area contributed by atoms with Gasteiger partial charge in [0.2, 0.25) is 0 Å². The average molecular weight is 413 g/mol. The van der Waals surface area contributed by atoms with E-state index in [2.05, 4.69) is 36.7 Å². The molecule has 1 aromatic heterocycles. The molecule has 0 bridgehead atoms. The maximum Gasteiger partial charge on any atom is 0.289 e. The number of nitrogens with one attached hydrogen (secondary N) is 2. The largest absolute Gasteiger partial charge is 0.494 e. The number of H-pyrrole nitrogens is 1. The van der Waals surface area contributed by atoms with Crippen LogP contribution in [0.5, 0.6) is 5.75 Å². The van der Waals surface area contributed by atoms with Gasteiger partial charge in [0.05, 0.1) is 18.5 Å². The number of aromatic nitrogens is 2. The second-order valence-electron chi connectivity index (χ2n) is 5.37. The number of aromatic amines is 1. The van der Waals surface area contributed by atoms with Crippen LogP contribution in [0.25, 0.3) is 11.3 Å². The summed E-state index contributed by atoms with van der Waals surface area (Å²) in [6, 6.07) is 16.8. The lowest BCUT2D eigenvalue weighted by Crippen LogP contribution is -2.17. The molecule has 0 aliphatic carbocycles. The highest BCUT2D eigenvalue weighted by molar-refractivity contribution is 9.10. The first-order chi connectivity index (χ1) is 12.7. The Morgan fingerprint density at radius 1 is 1.23 bits per heavy atom. The molecule has 7 heteroatoms. The summed E-state index contributed by atoms with van der Waals surface area (Å²) >= 11 is 3.39. The molecule has 0 spiro atoms. The zero-order valence-corrected chi connectivity index (χ0v) is 15.7. The van der Waals surface area contributed by atoms with Gasteiger partial charge in [-0.25, -0.2) is 5.43 Å². The predicted molar refractivity (Wildman–Crippen MR) is 104 cm³/mol. The van der Waals surface area contributed by atoms with Crippen molar-refractivity contribution in [3.8, 4) is 17.0 Å². The molecule has 1 heterocycles. The average Bonchev–Trinajstić information content (AvgIpc) is 3.14. The van der Waals surface area contributed by atoms with Gasteiger partial charge < -0.3 is 4.74 Å². The van der Waals surface area contributed by atoms with Gasteiger partial charge in [0, 0.05) is 10.0 Å². The molecule has 26 heavy (non-hydrogen) atoms. The summed E-state index contributed by atoms with van der Waals surface area (Å²) in [6.45, 7) is 2.55. The van der Waals surface area contributed by atoms with Gasteiger partial charge in [-0.1, -0.05) is 28.1 Å². The summed E-state index contributed by atoms with van der Waals surface area (Å²) in [6.07, 6.45) is 1.57.